The van der Waals surface area contributed by atoms with E-state index in [1.54, 1.807) is 18.3 Å². The van der Waals surface area contributed by atoms with E-state index < -0.39 is 0 Å². The van der Waals surface area contributed by atoms with Crippen LogP contribution in [0.25, 0.3) is 22.4 Å². The van der Waals surface area contributed by atoms with Crippen molar-refractivity contribution in [1.29, 1.82) is 5.26 Å². The molecule has 160 valence electrons. The Balaban J connectivity index is 1.41. The molecule has 0 spiro atoms. The van der Waals surface area contributed by atoms with Gasteiger partial charge >= 0.3 is 0 Å². The summed E-state index contributed by atoms with van der Waals surface area (Å²) in [5.41, 5.74) is 7.46. The summed E-state index contributed by atoms with van der Waals surface area (Å²) < 4.78 is 6.15. The van der Waals surface area contributed by atoms with E-state index in [2.05, 4.69) is 64.5 Å². The number of ether oxygens (including phenoxy) is 1. The lowest BCUT2D eigenvalue weighted by molar-refractivity contribution is 0.477. The van der Waals surface area contributed by atoms with Crippen LogP contribution in [0.15, 0.2) is 115 Å². The van der Waals surface area contributed by atoms with Crippen molar-refractivity contribution >= 4 is 17.1 Å². The van der Waals surface area contributed by atoms with Gasteiger partial charge in [0.05, 0.1) is 22.6 Å². The van der Waals surface area contributed by atoms with E-state index in [9.17, 15) is 5.26 Å². The second-order valence-electron chi connectivity index (χ2n) is 8.01. The number of anilines is 3. The smallest absolute Gasteiger partial charge is 0.151 e. The first-order chi connectivity index (χ1) is 16.8. The number of nitrogens with zero attached hydrogens (tertiary/aromatic N) is 3. The van der Waals surface area contributed by atoms with Crippen molar-refractivity contribution in [1.82, 2.24) is 4.98 Å². The normalized spacial score (nSPS) is 11.7. The summed E-state index contributed by atoms with van der Waals surface area (Å²) in [5.74, 6) is 1.67. The first kappa shape index (κ1) is 19.8. The molecule has 5 aromatic rings. The molecule has 0 N–H and O–H groups in total. The van der Waals surface area contributed by atoms with Gasteiger partial charge in [-0.2, -0.15) is 5.26 Å². The molecule has 0 fully saturated rings. The quantitative estimate of drug-likeness (QED) is 0.283. The molecule has 0 unspecified atom stereocenters. The highest BCUT2D eigenvalue weighted by molar-refractivity contribution is 5.87. The maximum atomic E-state index is 9.40. The van der Waals surface area contributed by atoms with Crippen LogP contribution in [-0.2, 0) is 0 Å². The molecule has 34 heavy (non-hydrogen) atoms. The molecule has 4 heteroatoms. The summed E-state index contributed by atoms with van der Waals surface area (Å²) in [6.07, 6.45) is 1.71. The van der Waals surface area contributed by atoms with Crippen molar-refractivity contribution in [3.63, 3.8) is 0 Å². The minimum Gasteiger partial charge on any atom is -0.453 e. The minimum atomic E-state index is 0.571. The van der Waals surface area contributed by atoms with E-state index in [-0.39, 0.29) is 0 Å². The van der Waals surface area contributed by atoms with Crippen LogP contribution in [0.5, 0.6) is 11.5 Å². The maximum absolute atomic E-state index is 9.40. The maximum Gasteiger partial charge on any atom is 0.151 e. The molecule has 0 bridgehead atoms. The lowest BCUT2D eigenvalue weighted by Crippen LogP contribution is -2.15. The highest BCUT2D eigenvalue weighted by Crippen LogP contribution is 2.50. The summed E-state index contributed by atoms with van der Waals surface area (Å²) in [6, 6.07) is 38.6. The average Bonchev–Trinajstić information content (AvgIpc) is 2.92. The van der Waals surface area contributed by atoms with Gasteiger partial charge in [-0.05, 0) is 59.7 Å². The fourth-order valence-corrected chi connectivity index (χ4v) is 4.35. The second-order valence-corrected chi connectivity index (χ2v) is 8.01. The molecule has 6 rings (SSSR count). The molecule has 1 aromatic heterocycles. The van der Waals surface area contributed by atoms with Crippen LogP contribution >= 0.6 is 0 Å². The van der Waals surface area contributed by atoms with Gasteiger partial charge in [0.25, 0.3) is 0 Å². The molecule has 0 atom stereocenters. The third-order valence-corrected chi connectivity index (χ3v) is 5.96. The fourth-order valence-electron chi connectivity index (χ4n) is 4.35. The third kappa shape index (κ3) is 3.37. The Morgan fingerprint density at radius 3 is 2.03 bits per heavy atom. The Morgan fingerprint density at radius 1 is 0.647 bits per heavy atom. The van der Waals surface area contributed by atoms with Crippen LogP contribution in [0.4, 0.5) is 17.1 Å². The number of nitriles is 1. The number of benzene rings is 4. The van der Waals surface area contributed by atoms with Gasteiger partial charge in [-0.15, -0.1) is 0 Å². The van der Waals surface area contributed by atoms with Crippen molar-refractivity contribution in [3.05, 3.63) is 121 Å². The Kier molecular flexibility index (Phi) is 4.79. The van der Waals surface area contributed by atoms with Crippen molar-refractivity contribution in [2.75, 3.05) is 4.90 Å². The third-order valence-electron chi connectivity index (χ3n) is 5.96. The van der Waals surface area contributed by atoms with Crippen LogP contribution in [-0.4, -0.2) is 4.98 Å². The molecule has 0 saturated carbocycles. The molecule has 4 aromatic carbocycles. The number of para-hydroxylation sites is 4. The Bertz CT molecular complexity index is 1500. The standard InChI is InChI=1S/C30H19N3O/c31-20-24-8-6-18-32-30(24)22-16-14-21(15-17-22)23-7-5-9-25(19-23)33-26-10-1-3-12-28(26)34-29-13-4-2-11-27(29)33/h1-19H. The Morgan fingerprint density at radius 2 is 1.32 bits per heavy atom. The first-order valence-electron chi connectivity index (χ1n) is 11.0. The van der Waals surface area contributed by atoms with E-state index in [1.807, 2.05) is 48.5 Å². The molecule has 4 nitrogen and oxygen atoms in total. The first-order valence-corrected chi connectivity index (χ1v) is 11.0. The van der Waals surface area contributed by atoms with Crippen LogP contribution < -0.4 is 9.64 Å². The predicted molar refractivity (Wildman–Crippen MR) is 135 cm³/mol. The summed E-state index contributed by atoms with van der Waals surface area (Å²) in [6.45, 7) is 0. The molecule has 1 aliphatic rings. The Labute approximate surface area is 198 Å². The molecule has 0 saturated heterocycles. The molecule has 0 amide bonds. The van der Waals surface area contributed by atoms with Gasteiger partial charge < -0.3 is 9.64 Å². The van der Waals surface area contributed by atoms with Crippen molar-refractivity contribution in [2.24, 2.45) is 0 Å². The number of hydrogen-bond acceptors (Lipinski definition) is 4. The van der Waals surface area contributed by atoms with Gasteiger partial charge in [0, 0.05) is 17.4 Å². The zero-order valence-corrected chi connectivity index (χ0v) is 18.2. The molecule has 0 radical (unpaired) electrons. The van der Waals surface area contributed by atoms with Crippen molar-refractivity contribution in [2.45, 2.75) is 0 Å². The number of rotatable bonds is 3. The van der Waals surface area contributed by atoms with E-state index in [1.165, 1.54) is 0 Å². The van der Waals surface area contributed by atoms with Gasteiger partial charge in [0.1, 0.15) is 6.07 Å². The summed E-state index contributed by atoms with van der Waals surface area (Å²) in [5, 5.41) is 9.40. The summed E-state index contributed by atoms with van der Waals surface area (Å²) >= 11 is 0. The van der Waals surface area contributed by atoms with E-state index >= 15 is 0 Å². The van der Waals surface area contributed by atoms with Gasteiger partial charge in [0.2, 0.25) is 0 Å². The van der Waals surface area contributed by atoms with Crippen molar-refractivity contribution in [3.8, 4) is 40.0 Å². The molecule has 2 heterocycles. The van der Waals surface area contributed by atoms with Crippen LogP contribution in [0.2, 0.25) is 0 Å². The van der Waals surface area contributed by atoms with Gasteiger partial charge in [-0.3, -0.25) is 4.98 Å². The van der Waals surface area contributed by atoms with E-state index in [0.29, 0.717) is 11.3 Å². The number of pyridine rings is 1. The number of aromatic nitrogens is 1. The van der Waals surface area contributed by atoms with E-state index in [0.717, 1.165) is 45.3 Å². The minimum absolute atomic E-state index is 0.571. The van der Waals surface area contributed by atoms with Crippen LogP contribution in [0, 0.1) is 11.3 Å². The largest absolute Gasteiger partial charge is 0.453 e. The van der Waals surface area contributed by atoms with Gasteiger partial charge in [-0.25, -0.2) is 0 Å². The summed E-state index contributed by atoms with van der Waals surface area (Å²) in [4.78, 5) is 6.63. The SMILES string of the molecule is N#Cc1cccnc1-c1ccc(-c2cccc(N3c4ccccc4Oc4ccccc43)c2)cc1. The van der Waals surface area contributed by atoms with E-state index in [4.69, 9.17) is 4.74 Å². The molecular formula is C30H19N3O. The zero-order valence-electron chi connectivity index (χ0n) is 18.2. The van der Waals surface area contributed by atoms with Gasteiger partial charge in [-0.1, -0.05) is 60.7 Å². The highest BCUT2D eigenvalue weighted by Gasteiger charge is 2.25. The molecule has 0 aliphatic carbocycles. The zero-order chi connectivity index (χ0) is 22.9. The topological polar surface area (TPSA) is 49.2 Å². The number of fused-ring (bicyclic) bond motifs is 2. The van der Waals surface area contributed by atoms with Gasteiger partial charge in [0.15, 0.2) is 11.5 Å². The number of hydrogen-bond donors (Lipinski definition) is 0. The fraction of sp³-hybridized carbons (Fsp3) is 0. The van der Waals surface area contributed by atoms with Crippen LogP contribution in [0.3, 0.4) is 0 Å². The average molecular weight is 438 g/mol. The predicted octanol–water partition coefficient (Wildman–Crippen LogP) is 7.86. The Hall–Kier alpha value is -4.88. The van der Waals surface area contributed by atoms with Crippen molar-refractivity contribution < 1.29 is 4.74 Å². The highest BCUT2D eigenvalue weighted by atomic mass is 16.5. The lowest BCUT2D eigenvalue weighted by atomic mass is 10.00. The summed E-state index contributed by atoms with van der Waals surface area (Å²) in [7, 11) is 0. The molecule has 1 aliphatic heterocycles. The second kappa shape index (κ2) is 8.23. The lowest BCUT2D eigenvalue weighted by Gasteiger charge is -2.33. The monoisotopic (exact) mass is 437 g/mol. The van der Waals surface area contributed by atoms with Crippen LogP contribution in [0.1, 0.15) is 5.56 Å². The molecular weight excluding hydrogens is 418 g/mol.